The van der Waals surface area contributed by atoms with Gasteiger partial charge in [0.1, 0.15) is 0 Å². The largest absolute Gasteiger partial charge is 0.379 e. The Kier molecular flexibility index (Phi) is 5.33. The number of carbonyl (C=O) groups excluding carboxylic acids is 1. The van der Waals surface area contributed by atoms with E-state index in [-0.39, 0.29) is 11.8 Å². The van der Waals surface area contributed by atoms with Gasteiger partial charge in [-0.3, -0.25) is 9.69 Å². The normalized spacial score (nSPS) is 21.7. The maximum absolute atomic E-state index is 12.3. The summed E-state index contributed by atoms with van der Waals surface area (Å²) >= 11 is 1.75. The van der Waals surface area contributed by atoms with Crippen molar-refractivity contribution >= 4 is 17.2 Å². The van der Waals surface area contributed by atoms with E-state index < -0.39 is 0 Å². The topological polar surface area (TPSA) is 71.7 Å². The smallest absolute Gasteiger partial charge is 0.232 e. The highest BCUT2D eigenvalue weighted by molar-refractivity contribution is 7.11. The summed E-state index contributed by atoms with van der Waals surface area (Å²) in [5.74, 6) is 1.48. The van der Waals surface area contributed by atoms with Crippen molar-refractivity contribution in [2.24, 2.45) is 0 Å². The van der Waals surface area contributed by atoms with E-state index in [1.54, 1.807) is 11.3 Å². The quantitative estimate of drug-likeness (QED) is 0.764. The summed E-state index contributed by atoms with van der Waals surface area (Å²) in [6.45, 7) is 7.87. The number of likely N-dealkylation sites (tertiary alicyclic amines) is 1. The van der Waals surface area contributed by atoms with Crippen LogP contribution in [0.2, 0.25) is 0 Å². The second-order valence-electron chi connectivity index (χ2n) is 6.93. The van der Waals surface area contributed by atoms with Gasteiger partial charge in [0.25, 0.3) is 0 Å². The SMILES string of the molecule is Cc1ccc(Cc2noc(C3CC(=O)N(CCN4CCOCC4)C3)n2)s1. The van der Waals surface area contributed by atoms with Crippen LogP contribution in [0.5, 0.6) is 0 Å². The maximum atomic E-state index is 12.3. The molecule has 0 aromatic carbocycles. The van der Waals surface area contributed by atoms with E-state index in [0.717, 1.165) is 39.4 Å². The van der Waals surface area contributed by atoms with Gasteiger partial charge in [-0.25, -0.2) is 0 Å². The van der Waals surface area contributed by atoms with Crippen molar-refractivity contribution in [3.63, 3.8) is 0 Å². The number of aromatic nitrogens is 2. The number of morpholine rings is 1. The zero-order valence-electron chi connectivity index (χ0n) is 15.0. The van der Waals surface area contributed by atoms with Crippen LogP contribution in [-0.4, -0.2) is 71.8 Å². The third-order valence-corrected chi connectivity index (χ3v) is 5.97. The van der Waals surface area contributed by atoms with Gasteiger partial charge in [-0.15, -0.1) is 11.3 Å². The molecule has 1 atom stereocenters. The molecule has 2 saturated heterocycles. The average molecular weight is 376 g/mol. The lowest BCUT2D eigenvalue weighted by Crippen LogP contribution is -2.41. The summed E-state index contributed by atoms with van der Waals surface area (Å²) in [6, 6.07) is 4.20. The van der Waals surface area contributed by atoms with Crippen LogP contribution in [0.4, 0.5) is 0 Å². The lowest BCUT2D eigenvalue weighted by atomic mass is 10.1. The van der Waals surface area contributed by atoms with Gasteiger partial charge < -0.3 is 14.2 Å². The van der Waals surface area contributed by atoms with E-state index in [2.05, 4.69) is 34.1 Å². The molecule has 0 radical (unpaired) electrons. The van der Waals surface area contributed by atoms with Crippen LogP contribution in [0.25, 0.3) is 0 Å². The van der Waals surface area contributed by atoms with Gasteiger partial charge in [0.15, 0.2) is 5.82 Å². The molecule has 7 nitrogen and oxygen atoms in total. The maximum Gasteiger partial charge on any atom is 0.232 e. The second-order valence-corrected chi connectivity index (χ2v) is 8.31. The standard InChI is InChI=1S/C18H24N4O3S/c1-13-2-3-15(26-13)11-16-19-18(25-20-16)14-10-17(23)22(12-14)5-4-21-6-8-24-9-7-21/h2-3,14H,4-12H2,1H3. The molecule has 0 spiro atoms. The van der Waals surface area contributed by atoms with Gasteiger partial charge in [-0.1, -0.05) is 5.16 Å². The van der Waals surface area contributed by atoms with Gasteiger partial charge in [0.2, 0.25) is 11.8 Å². The summed E-state index contributed by atoms with van der Waals surface area (Å²) in [7, 11) is 0. The molecule has 2 aromatic heterocycles. The Morgan fingerprint density at radius 1 is 1.27 bits per heavy atom. The fraction of sp³-hybridized carbons (Fsp3) is 0.611. The van der Waals surface area contributed by atoms with Crippen LogP contribution >= 0.6 is 11.3 Å². The van der Waals surface area contributed by atoms with E-state index in [4.69, 9.17) is 9.26 Å². The summed E-state index contributed by atoms with van der Waals surface area (Å²) in [5, 5.41) is 4.10. The van der Waals surface area contributed by atoms with Crippen molar-refractivity contribution in [2.75, 3.05) is 45.9 Å². The van der Waals surface area contributed by atoms with Gasteiger partial charge in [-0.05, 0) is 19.1 Å². The van der Waals surface area contributed by atoms with Gasteiger partial charge in [-0.2, -0.15) is 4.98 Å². The summed E-state index contributed by atoms with van der Waals surface area (Å²) in [4.78, 5) is 23.6. The molecule has 1 unspecified atom stereocenters. The van der Waals surface area contributed by atoms with E-state index in [1.807, 2.05) is 4.90 Å². The molecular weight excluding hydrogens is 352 g/mol. The van der Waals surface area contributed by atoms with E-state index in [1.165, 1.54) is 9.75 Å². The second kappa shape index (κ2) is 7.85. The highest BCUT2D eigenvalue weighted by atomic mass is 32.1. The molecule has 0 N–H and O–H groups in total. The predicted octanol–water partition coefficient (Wildman–Crippen LogP) is 1.68. The zero-order valence-corrected chi connectivity index (χ0v) is 15.8. The van der Waals surface area contributed by atoms with Crippen LogP contribution in [0.3, 0.4) is 0 Å². The molecular formula is C18H24N4O3S. The van der Waals surface area contributed by atoms with Crippen molar-refractivity contribution < 1.29 is 14.1 Å². The van der Waals surface area contributed by atoms with Crippen molar-refractivity contribution in [3.8, 4) is 0 Å². The van der Waals surface area contributed by atoms with Crippen molar-refractivity contribution in [1.29, 1.82) is 0 Å². The highest BCUT2D eigenvalue weighted by Gasteiger charge is 2.34. The lowest BCUT2D eigenvalue weighted by molar-refractivity contribution is -0.128. The zero-order chi connectivity index (χ0) is 17.9. The minimum Gasteiger partial charge on any atom is -0.379 e. The summed E-state index contributed by atoms with van der Waals surface area (Å²) in [6.07, 6.45) is 1.15. The minimum absolute atomic E-state index is 0.0125. The van der Waals surface area contributed by atoms with Crippen molar-refractivity contribution in [2.45, 2.75) is 25.7 Å². The van der Waals surface area contributed by atoms with Crippen LogP contribution < -0.4 is 0 Å². The first-order chi connectivity index (χ1) is 12.7. The molecule has 0 saturated carbocycles. The van der Waals surface area contributed by atoms with Crippen LogP contribution in [-0.2, 0) is 16.0 Å². The minimum atomic E-state index is 0.0125. The number of nitrogens with zero attached hydrogens (tertiary/aromatic N) is 4. The monoisotopic (exact) mass is 376 g/mol. The molecule has 2 fully saturated rings. The highest BCUT2D eigenvalue weighted by Crippen LogP contribution is 2.27. The molecule has 140 valence electrons. The van der Waals surface area contributed by atoms with E-state index in [9.17, 15) is 4.79 Å². The molecule has 26 heavy (non-hydrogen) atoms. The molecule has 8 heteroatoms. The fourth-order valence-corrected chi connectivity index (χ4v) is 4.37. The third kappa shape index (κ3) is 4.13. The van der Waals surface area contributed by atoms with E-state index >= 15 is 0 Å². The van der Waals surface area contributed by atoms with Crippen LogP contribution in [0.1, 0.15) is 33.8 Å². The summed E-state index contributed by atoms with van der Waals surface area (Å²) in [5.41, 5.74) is 0. The Morgan fingerprint density at radius 2 is 2.12 bits per heavy atom. The Morgan fingerprint density at radius 3 is 2.88 bits per heavy atom. The van der Waals surface area contributed by atoms with Gasteiger partial charge in [0, 0.05) is 55.3 Å². The first-order valence-corrected chi connectivity index (χ1v) is 9.94. The number of carbonyl (C=O) groups is 1. The molecule has 0 aliphatic carbocycles. The molecule has 4 rings (SSSR count). The number of aryl methyl sites for hydroxylation is 1. The van der Waals surface area contributed by atoms with Gasteiger partial charge >= 0.3 is 0 Å². The molecule has 2 aliphatic heterocycles. The number of hydrogen-bond donors (Lipinski definition) is 0. The Bertz CT molecular complexity index is 753. The molecule has 4 heterocycles. The average Bonchev–Trinajstić information content (AvgIpc) is 3.35. The first-order valence-electron chi connectivity index (χ1n) is 9.13. The van der Waals surface area contributed by atoms with Gasteiger partial charge in [0.05, 0.1) is 19.1 Å². The number of ether oxygens (including phenoxy) is 1. The Labute approximate surface area is 156 Å². The molecule has 1 amide bonds. The Balaban J connectivity index is 1.31. The molecule has 2 aromatic rings. The fourth-order valence-electron chi connectivity index (χ4n) is 3.48. The number of hydrogen-bond acceptors (Lipinski definition) is 7. The lowest BCUT2D eigenvalue weighted by Gasteiger charge is -2.28. The van der Waals surface area contributed by atoms with Crippen molar-refractivity contribution in [1.82, 2.24) is 19.9 Å². The van der Waals surface area contributed by atoms with Crippen LogP contribution in [0, 0.1) is 6.92 Å². The van der Waals surface area contributed by atoms with Crippen molar-refractivity contribution in [3.05, 3.63) is 33.6 Å². The third-order valence-electron chi connectivity index (χ3n) is 4.97. The molecule has 0 bridgehead atoms. The first kappa shape index (κ1) is 17.6. The number of thiophene rings is 1. The van der Waals surface area contributed by atoms with Crippen LogP contribution in [0.15, 0.2) is 16.7 Å². The number of rotatable bonds is 6. The Hall–Kier alpha value is -1.77. The number of amides is 1. The predicted molar refractivity (Wildman–Crippen MR) is 97.4 cm³/mol. The molecule has 2 aliphatic rings. The summed E-state index contributed by atoms with van der Waals surface area (Å²) < 4.78 is 10.8. The van der Waals surface area contributed by atoms with E-state index in [0.29, 0.717) is 31.1 Å².